The van der Waals surface area contributed by atoms with Crippen LogP contribution in [-0.4, -0.2) is 24.9 Å². The lowest BCUT2D eigenvalue weighted by molar-refractivity contribution is -0.483. The van der Waals surface area contributed by atoms with Crippen LogP contribution in [0.2, 0.25) is 19.6 Å². The van der Waals surface area contributed by atoms with Crippen LogP contribution in [0.25, 0.3) is 0 Å². The highest BCUT2D eigenvalue weighted by molar-refractivity contribution is 7.04. The standard InChI is InChI=1S/C13H19NO4Si/c1-19(2,3)13(15)8-4-6-11(10-14(16)17)12-7-5-9-18-12/h4-5,7-9,11H,6,10H2,1-3H3/b8-4+. The maximum Gasteiger partial charge on any atom is 0.214 e. The Morgan fingerprint density at radius 1 is 1.53 bits per heavy atom. The molecule has 0 bridgehead atoms. The van der Waals surface area contributed by atoms with Crippen LogP contribution in [0.1, 0.15) is 18.1 Å². The number of furan rings is 1. The zero-order valence-electron chi connectivity index (χ0n) is 11.5. The van der Waals surface area contributed by atoms with Crippen LogP contribution in [0, 0.1) is 10.1 Å². The molecule has 104 valence electrons. The average molecular weight is 281 g/mol. The van der Waals surface area contributed by atoms with Gasteiger partial charge in [0.15, 0.2) is 0 Å². The highest BCUT2D eigenvalue weighted by atomic mass is 28.3. The molecule has 0 saturated carbocycles. The first kappa shape index (κ1) is 15.4. The summed E-state index contributed by atoms with van der Waals surface area (Å²) in [6, 6.07) is 3.43. The van der Waals surface area contributed by atoms with Crippen molar-refractivity contribution in [3.8, 4) is 0 Å². The second-order valence-electron chi connectivity index (χ2n) is 5.48. The smallest absolute Gasteiger partial charge is 0.214 e. The molecule has 1 aromatic rings. The second kappa shape index (κ2) is 6.47. The summed E-state index contributed by atoms with van der Waals surface area (Å²) >= 11 is 0. The van der Waals surface area contributed by atoms with Crippen LogP contribution in [0.3, 0.4) is 0 Å². The Kier molecular flexibility index (Phi) is 5.23. The van der Waals surface area contributed by atoms with Gasteiger partial charge in [0, 0.05) is 4.92 Å². The highest BCUT2D eigenvalue weighted by Gasteiger charge is 2.22. The van der Waals surface area contributed by atoms with E-state index in [1.807, 2.05) is 19.6 Å². The van der Waals surface area contributed by atoms with E-state index in [2.05, 4.69) is 0 Å². The molecule has 0 aromatic carbocycles. The molecule has 0 radical (unpaired) electrons. The largest absolute Gasteiger partial charge is 0.469 e. The molecule has 19 heavy (non-hydrogen) atoms. The third-order valence-corrected chi connectivity index (χ3v) is 4.39. The van der Waals surface area contributed by atoms with E-state index in [0.29, 0.717) is 12.2 Å². The normalized spacial score (nSPS) is 13.6. The molecule has 1 atom stereocenters. The fourth-order valence-electron chi connectivity index (χ4n) is 1.57. The van der Waals surface area contributed by atoms with E-state index in [1.165, 1.54) is 6.26 Å². The monoisotopic (exact) mass is 281 g/mol. The number of nitrogens with zero attached hydrogens (tertiary/aromatic N) is 1. The number of hydrogen-bond acceptors (Lipinski definition) is 4. The van der Waals surface area contributed by atoms with Crippen molar-refractivity contribution in [2.45, 2.75) is 32.0 Å². The van der Waals surface area contributed by atoms with E-state index < -0.39 is 8.07 Å². The van der Waals surface area contributed by atoms with Gasteiger partial charge in [-0.15, -0.1) is 0 Å². The summed E-state index contributed by atoms with van der Waals surface area (Å²) in [5.74, 6) is 0.262. The van der Waals surface area contributed by atoms with Crippen LogP contribution in [0.5, 0.6) is 0 Å². The summed E-state index contributed by atoms with van der Waals surface area (Å²) in [7, 11) is -1.81. The number of allylic oxidation sites excluding steroid dienone is 2. The van der Waals surface area contributed by atoms with Gasteiger partial charge in [-0.3, -0.25) is 10.1 Å². The molecule has 0 aliphatic rings. The minimum atomic E-state index is -1.81. The molecule has 1 unspecified atom stereocenters. The highest BCUT2D eigenvalue weighted by Crippen LogP contribution is 2.21. The van der Waals surface area contributed by atoms with Crippen molar-refractivity contribution in [2.24, 2.45) is 0 Å². The minimum Gasteiger partial charge on any atom is -0.469 e. The molecule has 1 aromatic heterocycles. The fourth-order valence-corrected chi connectivity index (χ4v) is 2.19. The second-order valence-corrected chi connectivity index (χ2v) is 10.5. The molecule has 5 nitrogen and oxygen atoms in total. The van der Waals surface area contributed by atoms with E-state index in [1.54, 1.807) is 24.3 Å². The molecule has 0 aliphatic heterocycles. The van der Waals surface area contributed by atoms with Gasteiger partial charge < -0.3 is 9.21 Å². The lowest BCUT2D eigenvalue weighted by Gasteiger charge is -2.11. The Balaban J connectivity index is 2.67. The first-order valence-corrected chi connectivity index (χ1v) is 9.67. The van der Waals surface area contributed by atoms with E-state index in [0.717, 1.165) is 0 Å². The topological polar surface area (TPSA) is 73.3 Å². The Morgan fingerprint density at radius 2 is 2.21 bits per heavy atom. The number of carbonyl (C=O) groups excluding carboxylic acids is 1. The van der Waals surface area contributed by atoms with Crippen LogP contribution in [0.15, 0.2) is 35.0 Å². The average Bonchev–Trinajstić information content (AvgIpc) is 2.78. The van der Waals surface area contributed by atoms with Crippen molar-refractivity contribution in [3.63, 3.8) is 0 Å². The van der Waals surface area contributed by atoms with Crippen molar-refractivity contribution >= 4 is 13.5 Å². The van der Waals surface area contributed by atoms with E-state index in [4.69, 9.17) is 4.42 Å². The quantitative estimate of drug-likeness (QED) is 0.333. The molecule has 0 spiro atoms. The molecule has 0 N–H and O–H groups in total. The summed E-state index contributed by atoms with van der Waals surface area (Å²) in [6.45, 7) is 5.72. The van der Waals surface area contributed by atoms with Gasteiger partial charge in [-0.05, 0) is 24.6 Å². The van der Waals surface area contributed by atoms with Gasteiger partial charge in [-0.2, -0.15) is 0 Å². The van der Waals surface area contributed by atoms with Crippen LogP contribution >= 0.6 is 0 Å². The van der Waals surface area contributed by atoms with Crippen molar-refractivity contribution < 1.29 is 14.1 Å². The van der Waals surface area contributed by atoms with Crippen LogP contribution < -0.4 is 0 Å². The molecular weight excluding hydrogens is 262 g/mol. The number of hydrogen-bond donors (Lipinski definition) is 0. The molecule has 6 heteroatoms. The first-order valence-electron chi connectivity index (χ1n) is 6.17. The van der Waals surface area contributed by atoms with Gasteiger partial charge in [0.25, 0.3) is 0 Å². The lowest BCUT2D eigenvalue weighted by atomic mass is 10.0. The maximum absolute atomic E-state index is 11.8. The van der Waals surface area contributed by atoms with E-state index in [9.17, 15) is 14.9 Å². The zero-order chi connectivity index (χ0) is 14.5. The predicted molar refractivity (Wildman–Crippen MR) is 75.4 cm³/mol. The minimum absolute atomic E-state index is 0.145. The maximum atomic E-state index is 11.8. The molecule has 0 amide bonds. The summed E-state index contributed by atoms with van der Waals surface area (Å²) in [6.07, 6.45) is 5.21. The summed E-state index contributed by atoms with van der Waals surface area (Å²) < 4.78 is 5.21. The molecular formula is C13H19NO4Si. The van der Waals surface area contributed by atoms with Gasteiger partial charge in [0.2, 0.25) is 6.54 Å². The zero-order valence-corrected chi connectivity index (χ0v) is 12.5. The van der Waals surface area contributed by atoms with Gasteiger partial charge in [-0.1, -0.05) is 25.7 Å². The van der Waals surface area contributed by atoms with Gasteiger partial charge in [0.05, 0.1) is 12.2 Å². The number of rotatable bonds is 7. The van der Waals surface area contributed by atoms with Crippen molar-refractivity contribution in [3.05, 3.63) is 46.4 Å². The predicted octanol–water partition coefficient (Wildman–Crippen LogP) is 3.03. The summed E-state index contributed by atoms with van der Waals surface area (Å²) in [5.41, 5.74) is 0. The van der Waals surface area contributed by atoms with Crippen LogP contribution in [-0.2, 0) is 4.79 Å². The fraction of sp³-hybridized carbons (Fsp3) is 0.462. The summed E-state index contributed by atoms with van der Waals surface area (Å²) in [5, 5.41) is 10.8. The Hall–Kier alpha value is -1.69. The van der Waals surface area contributed by atoms with E-state index >= 15 is 0 Å². The lowest BCUT2D eigenvalue weighted by Crippen LogP contribution is -2.31. The number of nitro groups is 1. The molecule has 1 rings (SSSR count). The van der Waals surface area contributed by atoms with Gasteiger partial charge in [-0.25, -0.2) is 0 Å². The van der Waals surface area contributed by atoms with Crippen molar-refractivity contribution in [1.82, 2.24) is 0 Å². The van der Waals surface area contributed by atoms with Gasteiger partial charge in [0.1, 0.15) is 19.2 Å². The van der Waals surface area contributed by atoms with E-state index in [-0.39, 0.29) is 22.8 Å². The summed E-state index contributed by atoms with van der Waals surface area (Å²) in [4.78, 5) is 22.1. The Labute approximate surface area is 113 Å². The van der Waals surface area contributed by atoms with Crippen molar-refractivity contribution in [2.75, 3.05) is 6.54 Å². The Morgan fingerprint density at radius 3 is 2.68 bits per heavy atom. The molecule has 0 fully saturated rings. The van der Waals surface area contributed by atoms with Crippen LogP contribution in [0.4, 0.5) is 0 Å². The third kappa shape index (κ3) is 5.21. The molecule has 1 heterocycles. The van der Waals surface area contributed by atoms with Crippen molar-refractivity contribution in [1.29, 1.82) is 0 Å². The van der Waals surface area contributed by atoms with Gasteiger partial charge >= 0.3 is 0 Å². The SMILES string of the molecule is C[Si](C)(C)C(=O)/C=C/CC(C[N+](=O)[O-])c1ccco1. The molecule has 0 saturated heterocycles. The Bertz CT molecular complexity index is 459. The first-order chi connectivity index (χ1) is 8.80. The molecule has 0 aliphatic carbocycles. The third-order valence-electron chi connectivity index (χ3n) is 2.74. The number of carbonyl (C=O) groups is 1.